The van der Waals surface area contributed by atoms with Gasteiger partial charge < -0.3 is 26.4 Å². The van der Waals surface area contributed by atoms with Gasteiger partial charge in [-0.1, -0.05) is 50.6 Å². The highest BCUT2D eigenvalue weighted by molar-refractivity contribution is 7.80. The molecule has 1 aliphatic rings. The normalized spacial score (nSPS) is 19.3. The van der Waals surface area contributed by atoms with Gasteiger partial charge in [0.2, 0.25) is 17.7 Å². The van der Waals surface area contributed by atoms with Crippen LogP contribution in [-0.4, -0.2) is 70.2 Å². The molecule has 5 atom stereocenters. The number of amides is 3. The lowest BCUT2D eigenvalue weighted by Crippen LogP contribution is -2.59. The minimum Gasteiger partial charge on any atom is -0.480 e. The van der Waals surface area contributed by atoms with Crippen molar-refractivity contribution in [2.75, 3.05) is 12.3 Å². The van der Waals surface area contributed by atoms with Gasteiger partial charge in [0.15, 0.2) is 0 Å². The summed E-state index contributed by atoms with van der Waals surface area (Å²) in [4.78, 5) is 51.9. The van der Waals surface area contributed by atoms with Gasteiger partial charge in [0, 0.05) is 18.7 Å². The van der Waals surface area contributed by atoms with Gasteiger partial charge in [-0.05, 0) is 24.3 Å². The summed E-state index contributed by atoms with van der Waals surface area (Å²) in [5.74, 6) is -2.62. The monoisotopic (exact) mass is 478 g/mol. The zero-order valence-corrected chi connectivity index (χ0v) is 20.0. The van der Waals surface area contributed by atoms with E-state index in [1.54, 1.807) is 0 Å². The summed E-state index contributed by atoms with van der Waals surface area (Å²) in [5.41, 5.74) is 6.60. The molecule has 1 aromatic carbocycles. The average Bonchev–Trinajstić information content (AvgIpc) is 3.31. The highest BCUT2D eigenvalue weighted by Gasteiger charge is 2.39. The summed E-state index contributed by atoms with van der Waals surface area (Å²) in [7, 11) is 0. The fourth-order valence-corrected chi connectivity index (χ4v) is 3.99. The van der Waals surface area contributed by atoms with Crippen molar-refractivity contribution in [2.24, 2.45) is 11.7 Å². The number of carboxylic acids is 1. The Morgan fingerprint density at radius 3 is 2.42 bits per heavy atom. The quantitative estimate of drug-likeness (QED) is 0.295. The summed E-state index contributed by atoms with van der Waals surface area (Å²) in [5, 5.41) is 14.9. The zero-order chi connectivity index (χ0) is 24.5. The van der Waals surface area contributed by atoms with Crippen LogP contribution in [-0.2, 0) is 25.6 Å². The van der Waals surface area contributed by atoms with E-state index in [1.165, 1.54) is 4.90 Å². The maximum Gasteiger partial charge on any atom is 0.326 e. The number of thiol groups is 1. The Morgan fingerprint density at radius 1 is 1.18 bits per heavy atom. The Bertz CT molecular complexity index is 837. The van der Waals surface area contributed by atoms with Crippen LogP contribution in [0, 0.1) is 5.92 Å². The second-order valence-corrected chi connectivity index (χ2v) is 8.80. The highest BCUT2D eigenvalue weighted by atomic mass is 32.1. The van der Waals surface area contributed by atoms with Crippen LogP contribution >= 0.6 is 12.6 Å². The molecule has 33 heavy (non-hydrogen) atoms. The average molecular weight is 479 g/mol. The third-order valence-electron chi connectivity index (χ3n) is 6.05. The molecule has 0 aromatic heterocycles. The Balaban J connectivity index is 2.24. The first-order valence-electron chi connectivity index (χ1n) is 11.2. The largest absolute Gasteiger partial charge is 0.480 e. The zero-order valence-electron chi connectivity index (χ0n) is 19.1. The van der Waals surface area contributed by atoms with Crippen molar-refractivity contribution >= 4 is 36.3 Å². The molecule has 9 nitrogen and oxygen atoms in total. The SMILES string of the molecule is CCC(C)C(NC(=O)C(Cc1ccccc1)NC(=O)C(N)CS)C(=O)N1CCCC1C(=O)O. The Morgan fingerprint density at radius 2 is 1.85 bits per heavy atom. The molecule has 0 aliphatic carbocycles. The van der Waals surface area contributed by atoms with Gasteiger partial charge in [-0.15, -0.1) is 0 Å². The number of carbonyl (C=O) groups is 4. The van der Waals surface area contributed by atoms with Crippen molar-refractivity contribution in [3.8, 4) is 0 Å². The number of hydrogen-bond donors (Lipinski definition) is 5. The van der Waals surface area contributed by atoms with Crippen molar-refractivity contribution < 1.29 is 24.3 Å². The van der Waals surface area contributed by atoms with Crippen molar-refractivity contribution in [3.05, 3.63) is 35.9 Å². The second kappa shape index (κ2) is 12.6. The number of carbonyl (C=O) groups excluding carboxylic acids is 3. The van der Waals surface area contributed by atoms with Crippen molar-refractivity contribution in [3.63, 3.8) is 0 Å². The third-order valence-corrected chi connectivity index (χ3v) is 6.44. The van der Waals surface area contributed by atoms with Crippen LogP contribution in [0.4, 0.5) is 0 Å². The fraction of sp³-hybridized carbons (Fsp3) is 0.565. The lowest BCUT2D eigenvalue weighted by Gasteiger charge is -2.31. The molecule has 5 unspecified atom stereocenters. The van der Waals surface area contributed by atoms with Crippen LogP contribution in [0.1, 0.15) is 38.7 Å². The van der Waals surface area contributed by atoms with Crippen molar-refractivity contribution in [1.82, 2.24) is 15.5 Å². The maximum atomic E-state index is 13.3. The van der Waals surface area contributed by atoms with Crippen molar-refractivity contribution in [2.45, 2.75) is 63.7 Å². The number of carboxylic acid groups (broad SMARTS) is 1. The molecule has 5 N–H and O–H groups in total. The molecule has 10 heteroatoms. The molecule has 1 heterocycles. The van der Waals surface area contributed by atoms with Crippen LogP contribution in [0.3, 0.4) is 0 Å². The number of likely N-dealkylation sites (tertiary alicyclic amines) is 1. The minimum atomic E-state index is -1.05. The Kier molecular flexibility index (Phi) is 10.2. The molecular weight excluding hydrogens is 444 g/mol. The Labute approximate surface area is 199 Å². The smallest absolute Gasteiger partial charge is 0.326 e. The fourth-order valence-electron chi connectivity index (χ4n) is 3.82. The molecule has 1 fully saturated rings. The topological polar surface area (TPSA) is 142 Å². The first-order valence-corrected chi connectivity index (χ1v) is 11.9. The van der Waals surface area contributed by atoms with E-state index in [4.69, 9.17) is 5.73 Å². The summed E-state index contributed by atoms with van der Waals surface area (Å²) in [6, 6.07) is 5.54. The summed E-state index contributed by atoms with van der Waals surface area (Å²) >= 11 is 4.04. The number of nitrogens with one attached hydrogen (secondary N) is 2. The van der Waals surface area contributed by atoms with Gasteiger partial charge in [-0.3, -0.25) is 14.4 Å². The molecule has 0 saturated carbocycles. The predicted molar refractivity (Wildman–Crippen MR) is 128 cm³/mol. The van der Waals surface area contributed by atoms with E-state index in [0.717, 1.165) is 5.56 Å². The van der Waals surface area contributed by atoms with E-state index in [0.29, 0.717) is 25.8 Å². The summed E-state index contributed by atoms with van der Waals surface area (Å²) in [6.45, 7) is 4.06. The molecule has 0 spiro atoms. The number of nitrogens with zero attached hydrogens (tertiary/aromatic N) is 1. The lowest BCUT2D eigenvalue weighted by molar-refractivity contribution is -0.150. The predicted octanol–water partition coefficient (Wildman–Crippen LogP) is 0.578. The van der Waals surface area contributed by atoms with Gasteiger partial charge in [0.1, 0.15) is 18.1 Å². The first kappa shape index (κ1) is 26.7. The van der Waals surface area contributed by atoms with E-state index < -0.39 is 47.9 Å². The number of aliphatic carboxylic acids is 1. The van der Waals surface area contributed by atoms with Gasteiger partial charge in [0.25, 0.3) is 0 Å². The van der Waals surface area contributed by atoms with Crippen molar-refractivity contribution in [1.29, 1.82) is 0 Å². The van der Waals surface area contributed by atoms with Gasteiger partial charge in [0.05, 0.1) is 6.04 Å². The number of benzene rings is 1. The Hall–Kier alpha value is -2.59. The number of hydrogen-bond acceptors (Lipinski definition) is 6. The molecule has 1 aromatic rings. The molecule has 1 saturated heterocycles. The maximum absolute atomic E-state index is 13.3. The van der Waals surface area contributed by atoms with E-state index >= 15 is 0 Å². The number of rotatable bonds is 11. The van der Waals surface area contributed by atoms with Crippen LogP contribution in [0.25, 0.3) is 0 Å². The van der Waals surface area contributed by atoms with Crippen LogP contribution in [0.2, 0.25) is 0 Å². The van der Waals surface area contributed by atoms with Gasteiger partial charge in [-0.25, -0.2) is 4.79 Å². The molecule has 3 amide bonds. The first-order chi connectivity index (χ1) is 15.7. The molecule has 182 valence electrons. The van der Waals surface area contributed by atoms with Crippen LogP contribution < -0.4 is 16.4 Å². The standard InChI is InChI=1S/C23H34N4O5S/c1-3-14(2)19(22(30)27-11-7-10-18(27)23(31)32)26-21(29)17(25-20(28)16(24)13-33)12-15-8-5-4-6-9-15/h4-6,8-9,14,16-19,33H,3,7,10-13,24H2,1-2H3,(H,25,28)(H,26,29)(H,31,32). The molecule has 1 aliphatic heterocycles. The number of nitrogens with two attached hydrogens (primary N) is 1. The van der Waals surface area contributed by atoms with E-state index in [-0.39, 0.29) is 18.1 Å². The highest BCUT2D eigenvalue weighted by Crippen LogP contribution is 2.21. The van der Waals surface area contributed by atoms with Gasteiger partial charge >= 0.3 is 5.97 Å². The molecule has 0 radical (unpaired) electrons. The lowest BCUT2D eigenvalue weighted by atomic mass is 9.96. The van der Waals surface area contributed by atoms with E-state index in [9.17, 15) is 24.3 Å². The molecular formula is C23H34N4O5S. The summed E-state index contributed by atoms with van der Waals surface area (Å²) in [6.07, 6.45) is 1.79. The van der Waals surface area contributed by atoms with Crippen LogP contribution in [0.5, 0.6) is 0 Å². The van der Waals surface area contributed by atoms with Crippen LogP contribution in [0.15, 0.2) is 30.3 Å². The summed E-state index contributed by atoms with van der Waals surface area (Å²) < 4.78 is 0. The van der Waals surface area contributed by atoms with Gasteiger partial charge in [-0.2, -0.15) is 12.6 Å². The molecule has 0 bridgehead atoms. The van der Waals surface area contributed by atoms with E-state index in [1.807, 2.05) is 44.2 Å². The minimum absolute atomic E-state index is 0.116. The molecule has 2 rings (SSSR count). The van der Waals surface area contributed by atoms with E-state index in [2.05, 4.69) is 23.3 Å². The second-order valence-electron chi connectivity index (χ2n) is 8.44. The third kappa shape index (κ3) is 7.20.